The molecule has 0 aromatic heterocycles. The number of fused-ring (bicyclic) bond motifs is 1. The molecule has 0 heterocycles. The average molecular weight is 302 g/mol. The second-order valence-corrected chi connectivity index (χ2v) is 6.14. The van der Waals surface area contributed by atoms with Crippen LogP contribution in [0.15, 0.2) is 42.5 Å². The van der Waals surface area contributed by atoms with Crippen molar-refractivity contribution in [3.8, 4) is 5.75 Å². The first-order valence-electron chi connectivity index (χ1n) is 7.47. The summed E-state index contributed by atoms with van der Waals surface area (Å²) in [6.07, 6.45) is 3.30. The summed E-state index contributed by atoms with van der Waals surface area (Å²) in [5, 5.41) is 14.1. The third-order valence-electron chi connectivity index (χ3n) is 4.26. The van der Waals surface area contributed by atoms with Gasteiger partial charge in [-0.1, -0.05) is 35.9 Å². The van der Waals surface area contributed by atoms with E-state index in [1.807, 2.05) is 30.3 Å². The van der Waals surface area contributed by atoms with Crippen LogP contribution < -0.4 is 5.32 Å². The molecule has 0 saturated carbocycles. The quantitative estimate of drug-likeness (QED) is 0.855. The van der Waals surface area contributed by atoms with Gasteiger partial charge in [-0.05, 0) is 61.1 Å². The Labute approximate surface area is 130 Å². The fourth-order valence-corrected chi connectivity index (χ4v) is 3.49. The number of hydrogen-bond acceptors (Lipinski definition) is 2. The molecule has 0 aliphatic heterocycles. The van der Waals surface area contributed by atoms with Crippen LogP contribution in [-0.2, 0) is 6.42 Å². The van der Waals surface area contributed by atoms with E-state index in [9.17, 15) is 5.11 Å². The van der Waals surface area contributed by atoms with Gasteiger partial charge in [0, 0.05) is 17.1 Å². The van der Waals surface area contributed by atoms with E-state index in [2.05, 4.69) is 18.3 Å². The molecule has 21 heavy (non-hydrogen) atoms. The third kappa shape index (κ3) is 3.07. The number of phenolic OH excluding ortho intramolecular Hbond substituents is 1. The van der Waals surface area contributed by atoms with E-state index in [1.165, 1.54) is 11.1 Å². The molecule has 0 bridgehead atoms. The number of halogens is 1. The fraction of sp³-hybridized carbons (Fsp3) is 0.333. The van der Waals surface area contributed by atoms with Crippen molar-refractivity contribution in [3.05, 3.63) is 64.2 Å². The van der Waals surface area contributed by atoms with Gasteiger partial charge in [0.25, 0.3) is 0 Å². The van der Waals surface area contributed by atoms with Crippen LogP contribution in [0.3, 0.4) is 0 Å². The Morgan fingerprint density at radius 3 is 2.86 bits per heavy atom. The number of aryl methyl sites for hydroxylation is 1. The fourth-order valence-electron chi connectivity index (χ4n) is 3.19. The summed E-state index contributed by atoms with van der Waals surface area (Å²) in [5.74, 6) is 0.355. The van der Waals surface area contributed by atoms with Crippen molar-refractivity contribution in [2.75, 3.05) is 0 Å². The molecule has 0 fully saturated rings. The van der Waals surface area contributed by atoms with Crippen molar-refractivity contribution in [1.82, 2.24) is 5.32 Å². The van der Waals surface area contributed by atoms with Crippen molar-refractivity contribution >= 4 is 11.6 Å². The van der Waals surface area contributed by atoms with Crippen LogP contribution in [0.4, 0.5) is 0 Å². The Morgan fingerprint density at radius 2 is 2.05 bits per heavy atom. The van der Waals surface area contributed by atoms with Crippen molar-refractivity contribution in [2.24, 2.45) is 0 Å². The van der Waals surface area contributed by atoms with Gasteiger partial charge in [0.2, 0.25) is 0 Å². The molecular weight excluding hydrogens is 282 g/mol. The van der Waals surface area contributed by atoms with Crippen molar-refractivity contribution in [3.63, 3.8) is 0 Å². The van der Waals surface area contributed by atoms with Crippen molar-refractivity contribution in [1.29, 1.82) is 0 Å². The molecule has 3 heteroatoms. The largest absolute Gasteiger partial charge is 0.508 e. The van der Waals surface area contributed by atoms with Crippen molar-refractivity contribution in [2.45, 2.75) is 38.3 Å². The zero-order valence-corrected chi connectivity index (χ0v) is 12.9. The number of hydrogen-bond donors (Lipinski definition) is 2. The zero-order chi connectivity index (χ0) is 14.8. The zero-order valence-electron chi connectivity index (χ0n) is 12.1. The highest BCUT2D eigenvalue weighted by atomic mass is 35.5. The molecule has 110 valence electrons. The molecule has 0 radical (unpaired) electrons. The topological polar surface area (TPSA) is 32.3 Å². The second kappa shape index (κ2) is 6.08. The average Bonchev–Trinajstić information content (AvgIpc) is 2.47. The van der Waals surface area contributed by atoms with Gasteiger partial charge in [0.05, 0.1) is 0 Å². The second-order valence-electron chi connectivity index (χ2n) is 5.74. The summed E-state index contributed by atoms with van der Waals surface area (Å²) in [5.41, 5.74) is 3.69. The predicted molar refractivity (Wildman–Crippen MR) is 86.8 cm³/mol. The van der Waals surface area contributed by atoms with E-state index in [1.54, 1.807) is 6.07 Å². The van der Waals surface area contributed by atoms with Crippen LogP contribution in [0.1, 0.15) is 48.5 Å². The summed E-state index contributed by atoms with van der Waals surface area (Å²) in [7, 11) is 0. The van der Waals surface area contributed by atoms with Crippen molar-refractivity contribution < 1.29 is 5.11 Å². The van der Waals surface area contributed by atoms with Crippen LogP contribution in [0.25, 0.3) is 0 Å². The van der Waals surface area contributed by atoms with E-state index in [4.69, 9.17) is 11.6 Å². The standard InChI is InChI=1S/C18H20ClNO/c1-12(15-6-2-3-7-17(15)19)20-18-8-4-5-13-11-14(21)9-10-16(13)18/h2-3,6-7,9-12,18,20-21H,4-5,8H2,1H3/t12-,18?/m1/s1. The highest BCUT2D eigenvalue weighted by Gasteiger charge is 2.22. The van der Waals surface area contributed by atoms with E-state index in [-0.39, 0.29) is 6.04 Å². The lowest BCUT2D eigenvalue weighted by atomic mass is 9.87. The molecular formula is C18H20ClNO. The third-order valence-corrected chi connectivity index (χ3v) is 4.61. The highest BCUT2D eigenvalue weighted by molar-refractivity contribution is 6.31. The molecule has 3 rings (SSSR count). The lowest BCUT2D eigenvalue weighted by Gasteiger charge is -2.30. The smallest absolute Gasteiger partial charge is 0.115 e. The molecule has 1 unspecified atom stereocenters. The Kier molecular flexibility index (Phi) is 4.18. The van der Waals surface area contributed by atoms with Gasteiger partial charge in [-0.3, -0.25) is 0 Å². The minimum atomic E-state index is 0.198. The van der Waals surface area contributed by atoms with Crippen LogP contribution in [0, 0.1) is 0 Å². The Morgan fingerprint density at radius 1 is 1.24 bits per heavy atom. The summed E-state index contributed by atoms with van der Waals surface area (Å²) >= 11 is 6.28. The highest BCUT2D eigenvalue weighted by Crippen LogP contribution is 2.34. The Balaban J connectivity index is 1.82. The molecule has 1 aliphatic rings. The van der Waals surface area contributed by atoms with Crippen LogP contribution in [0.2, 0.25) is 5.02 Å². The molecule has 0 spiro atoms. The molecule has 0 saturated heterocycles. The van der Waals surface area contributed by atoms with Crippen LogP contribution >= 0.6 is 11.6 Å². The molecule has 2 aromatic rings. The first kappa shape index (κ1) is 14.4. The van der Waals surface area contributed by atoms with Crippen LogP contribution in [0.5, 0.6) is 5.75 Å². The summed E-state index contributed by atoms with van der Waals surface area (Å²) in [6, 6.07) is 14.2. The number of aromatic hydroxyl groups is 1. The number of rotatable bonds is 3. The van der Waals surface area contributed by atoms with Gasteiger partial charge in [-0.25, -0.2) is 0 Å². The maximum Gasteiger partial charge on any atom is 0.115 e. The van der Waals surface area contributed by atoms with E-state index in [0.717, 1.165) is 29.8 Å². The summed E-state index contributed by atoms with van der Waals surface area (Å²) in [6.45, 7) is 2.15. The van der Waals surface area contributed by atoms with Crippen LogP contribution in [-0.4, -0.2) is 5.11 Å². The summed E-state index contributed by atoms with van der Waals surface area (Å²) < 4.78 is 0. The molecule has 2 N–H and O–H groups in total. The summed E-state index contributed by atoms with van der Waals surface area (Å²) in [4.78, 5) is 0. The van der Waals surface area contributed by atoms with Gasteiger partial charge in [-0.15, -0.1) is 0 Å². The monoisotopic (exact) mass is 301 g/mol. The first-order valence-corrected chi connectivity index (χ1v) is 7.85. The molecule has 0 amide bonds. The first-order chi connectivity index (χ1) is 10.1. The Hall–Kier alpha value is -1.51. The van der Waals surface area contributed by atoms with Gasteiger partial charge < -0.3 is 10.4 Å². The predicted octanol–water partition coefficient (Wildman–Crippen LogP) is 4.77. The maximum absolute atomic E-state index is 9.63. The lowest BCUT2D eigenvalue weighted by molar-refractivity contribution is 0.413. The maximum atomic E-state index is 9.63. The van der Waals surface area contributed by atoms with Gasteiger partial charge in [0.15, 0.2) is 0 Å². The molecule has 2 nitrogen and oxygen atoms in total. The minimum Gasteiger partial charge on any atom is -0.508 e. The van der Waals surface area contributed by atoms with Gasteiger partial charge >= 0.3 is 0 Å². The normalized spacial score (nSPS) is 19.0. The minimum absolute atomic E-state index is 0.198. The van der Waals surface area contributed by atoms with E-state index in [0.29, 0.717) is 11.8 Å². The molecule has 1 aliphatic carbocycles. The number of nitrogens with one attached hydrogen (secondary N) is 1. The number of phenols is 1. The Bertz CT molecular complexity index is 641. The molecule has 2 atom stereocenters. The SMILES string of the molecule is C[C@@H](NC1CCCc2cc(O)ccc21)c1ccccc1Cl. The van der Waals surface area contributed by atoms with E-state index < -0.39 is 0 Å². The lowest BCUT2D eigenvalue weighted by Crippen LogP contribution is -2.27. The van der Waals surface area contributed by atoms with E-state index >= 15 is 0 Å². The van der Waals surface area contributed by atoms with Gasteiger partial charge in [0.1, 0.15) is 5.75 Å². The molecule has 2 aromatic carbocycles. The number of benzene rings is 2. The van der Waals surface area contributed by atoms with Gasteiger partial charge in [-0.2, -0.15) is 0 Å².